The molecule has 10 nitrogen and oxygen atoms in total. The predicted octanol–water partition coefficient (Wildman–Crippen LogP) is 6.05. The lowest BCUT2D eigenvalue weighted by Crippen LogP contribution is -2.16. The summed E-state index contributed by atoms with van der Waals surface area (Å²) < 4.78 is 8.49. The molecule has 0 aliphatic heterocycles. The van der Waals surface area contributed by atoms with Crippen LogP contribution in [0.4, 0.5) is 11.6 Å². The molecule has 202 valence electrons. The van der Waals surface area contributed by atoms with Crippen molar-refractivity contribution in [1.29, 1.82) is 5.26 Å². The van der Waals surface area contributed by atoms with Gasteiger partial charge >= 0.3 is 5.97 Å². The van der Waals surface area contributed by atoms with E-state index in [0.29, 0.717) is 26.6 Å². The zero-order chi connectivity index (χ0) is 28.5. The van der Waals surface area contributed by atoms with Gasteiger partial charge in [-0.2, -0.15) is 5.26 Å². The first-order valence-corrected chi connectivity index (χ1v) is 13.6. The SMILES string of the molecule is N#Cc1cn(CCOc2ccc(Cl)cc2-c2ccnc3c(C(=O)O)csc23)c2c(=O)[nH]c(Nc3ccccc3)nc12. The number of aromatic amines is 1. The second kappa shape index (κ2) is 10.8. The first-order chi connectivity index (χ1) is 19.9. The number of fused-ring (bicyclic) bond motifs is 2. The number of hydrogen-bond acceptors (Lipinski definition) is 8. The lowest BCUT2D eigenvalue weighted by atomic mass is 10.0. The fourth-order valence-electron chi connectivity index (χ4n) is 4.57. The van der Waals surface area contributed by atoms with Crippen LogP contribution in [0, 0.1) is 11.3 Å². The smallest absolute Gasteiger partial charge is 0.338 e. The Hall–Kier alpha value is -5.18. The van der Waals surface area contributed by atoms with Crippen molar-refractivity contribution in [3.63, 3.8) is 0 Å². The molecule has 4 aromatic heterocycles. The molecular formula is C29H19ClN6O4S. The van der Waals surface area contributed by atoms with E-state index in [1.165, 1.54) is 11.3 Å². The Labute approximate surface area is 241 Å². The Bertz CT molecular complexity index is 2040. The van der Waals surface area contributed by atoms with Gasteiger partial charge in [0.2, 0.25) is 5.95 Å². The molecule has 0 saturated carbocycles. The van der Waals surface area contributed by atoms with Gasteiger partial charge in [0.1, 0.15) is 29.5 Å². The summed E-state index contributed by atoms with van der Waals surface area (Å²) in [6.45, 7) is 0.413. The molecule has 0 fully saturated rings. The van der Waals surface area contributed by atoms with Crippen LogP contribution in [0.1, 0.15) is 15.9 Å². The predicted molar refractivity (Wildman–Crippen MR) is 157 cm³/mol. The Morgan fingerprint density at radius 1 is 1.17 bits per heavy atom. The van der Waals surface area contributed by atoms with Crippen LogP contribution in [0.5, 0.6) is 5.75 Å². The number of nitrogens with one attached hydrogen (secondary N) is 2. The van der Waals surface area contributed by atoms with Crippen molar-refractivity contribution in [2.24, 2.45) is 0 Å². The van der Waals surface area contributed by atoms with E-state index in [4.69, 9.17) is 16.3 Å². The molecule has 0 atom stereocenters. The van der Waals surface area contributed by atoms with Crippen LogP contribution >= 0.6 is 22.9 Å². The minimum atomic E-state index is -1.05. The number of anilines is 2. The molecule has 0 saturated heterocycles. The summed E-state index contributed by atoms with van der Waals surface area (Å²) >= 11 is 7.60. The summed E-state index contributed by atoms with van der Waals surface area (Å²) in [5, 5.41) is 24.3. The minimum Gasteiger partial charge on any atom is -0.491 e. The van der Waals surface area contributed by atoms with Crippen molar-refractivity contribution in [1.82, 2.24) is 19.5 Å². The van der Waals surface area contributed by atoms with Gasteiger partial charge in [0.05, 0.1) is 27.9 Å². The molecule has 6 rings (SSSR count). The number of ether oxygens (including phenoxy) is 1. The van der Waals surface area contributed by atoms with E-state index in [0.717, 1.165) is 11.3 Å². The van der Waals surface area contributed by atoms with Gasteiger partial charge in [-0.25, -0.2) is 9.78 Å². The molecule has 0 bridgehead atoms. The highest BCUT2D eigenvalue weighted by Crippen LogP contribution is 2.39. The van der Waals surface area contributed by atoms with E-state index in [-0.39, 0.29) is 41.3 Å². The third-order valence-electron chi connectivity index (χ3n) is 6.39. The Morgan fingerprint density at radius 3 is 2.78 bits per heavy atom. The summed E-state index contributed by atoms with van der Waals surface area (Å²) in [6.07, 6.45) is 3.13. The average Bonchev–Trinajstić information content (AvgIpc) is 3.56. The first kappa shape index (κ1) is 26.1. The third-order valence-corrected chi connectivity index (χ3v) is 7.62. The largest absolute Gasteiger partial charge is 0.491 e. The van der Waals surface area contributed by atoms with Crippen molar-refractivity contribution >= 4 is 61.8 Å². The summed E-state index contributed by atoms with van der Waals surface area (Å²) in [5.41, 5.74) is 3.09. The Morgan fingerprint density at radius 2 is 2.00 bits per heavy atom. The normalized spacial score (nSPS) is 11.0. The van der Waals surface area contributed by atoms with Crippen LogP contribution in [0.25, 0.3) is 32.4 Å². The number of pyridine rings is 1. The Balaban J connectivity index is 1.29. The van der Waals surface area contributed by atoms with Crippen molar-refractivity contribution in [2.75, 3.05) is 11.9 Å². The van der Waals surface area contributed by atoms with Gasteiger partial charge in [-0.15, -0.1) is 11.3 Å². The third kappa shape index (κ3) is 4.98. The summed E-state index contributed by atoms with van der Waals surface area (Å²) in [4.78, 5) is 36.2. The number of thiophene rings is 1. The molecule has 4 heterocycles. The molecule has 0 aliphatic carbocycles. The van der Waals surface area contributed by atoms with Crippen molar-refractivity contribution in [3.05, 3.63) is 98.9 Å². The molecule has 0 aliphatic rings. The molecule has 0 spiro atoms. The number of rotatable bonds is 8. The van der Waals surface area contributed by atoms with Crippen molar-refractivity contribution in [3.8, 4) is 22.9 Å². The van der Waals surface area contributed by atoms with Gasteiger partial charge in [-0.05, 0) is 36.4 Å². The number of halogens is 1. The number of nitriles is 1. The van der Waals surface area contributed by atoms with Gasteiger partial charge in [0, 0.05) is 39.6 Å². The molecule has 3 N–H and O–H groups in total. The van der Waals surface area contributed by atoms with E-state index in [2.05, 4.69) is 26.3 Å². The van der Waals surface area contributed by atoms with Crippen LogP contribution in [-0.4, -0.2) is 37.2 Å². The number of carboxylic acid groups (broad SMARTS) is 1. The Kier molecular flexibility index (Phi) is 6.84. The number of aromatic nitrogens is 4. The average molecular weight is 583 g/mol. The molecule has 41 heavy (non-hydrogen) atoms. The number of benzene rings is 2. The molecule has 0 unspecified atom stereocenters. The molecule has 6 aromatic rings. The van der Waals surface area contributed by atoms with E-state index in [1.54, 1.807) is 46.6 Å². The van der Waals surface area contributed by atoms with E-state index >= 15 is 0 Å². The number of aromatic carboxylic acids is 1. The molecular weight excluding hydrogens is 564 g/mol. The maximum atomic E-state index is 13.1. The van der Waals surface area contributed by atoms with Crippen molar-refractivity contribution < 1.29 is 14.6 Å². The zero-order valence-electron chi connectivity index (χ0n) is 21.1. The fourth-order valence-corrected chi connectivity index (χ4v) is 5.77. The molecule has 0 radical (unpaired) electrons. The van der Waals surface area contributed by atoms with Gasteiger partial charge in [-0.1, -0.05) is 29.8 Å². The molecule has 2 aromatic carbocycles. The topological polar surface area (TPSA) is 146 Å². The van der Waals surface area contributed by atoms with Crippen LogP contribution in [-0.2, 0) is 6.54 Å². The second-order valence-corrected chi connectivity index (χ2v) is 10.2. The van der Waals surface area contributed by atoms with Gasteiger partial charge in [0.25, 0.3) is 5.56 Å². The highest BCUT2D eigenvalue weighted by atomic mass is 35.5. The van der Waals surface area contributed by atoms with Crippen LogP contribution in [0.15, 0.2) is 77.2 Å². The number of hydrogen-bond donors (Lipinski definition) is 3. The van der Waals surface area contributed by atoms with Crippen LogP contribution in [0.2, 0.25) is 5.02 Å². The van der Waals surface area contributed by atoms with E-state index < -0.39 is 11.5 Å². The number of carbonyl (C=O) groups is 1. The summed E-state index contributed by atoms with van der Waals surface area (Å²) in [7, 11) is 0. The zero-order valence-corrected chi connectivity index (χ0v) is 22.7. The number of carboxylic acids is 1. The van der Waals surface area contributed by atoms with Gasteiger partial charge in [-0.3, -0.25) is 14.8 Å². The first-order valence-electron chi connectivity index (χ1n) is 12.3. The quantitative estimate of drug-likeness (QED) is 0.197. The van der Waals surface area contributed by atoms with Gasteiger partial charge in [0.15, 0.2) is 0 Å². The number of H-pyrrole nitrogens is 1. The maximum absolute atomic E-state index is 13.1. The van der Waals surface area contributed by atoms with E-state index in [9.17, 15) is 20.0 Å². The maximum Gasteiger partial charge on any atom is 0.338 e. The highest BCUT2D eigenvalue weighted by Gasteiger charge is 2.19. The van der Waals surface area contributed by atoms with Crippen LogP contribution in [0.3, 0.4) is 0 Å². The lowest BCUT2D eigenvalue weighted by molar-refractivity contribution is 0.0699. The van der Waals surface area contributed by atoms with Crippen molar-refractivity contribution in [2.45, 2.75) is 6.54 Å². The minimum absolute atomic E-state index is 0.130. The lowest BCUT2D eigenvalue weighted by Gasteiger charge is -2.14. The molecule has 0 amide bonds. The van der Waals surface area contributed by atoms with Gasteiger partial charge < -0.3 is 19.7 Å². The number of para-hydroxylation sites is 1. The number of nitrogens with zero attached hydrogens (tertiary/aromatic N) is 4. The second-order valence-electron chi connectivity index (χ2n) is 8.93. The summed E-state index contributed by atoms with van der Waals surface area (Å²) in [5.74, 6) is -0.301. The monoisotopic (exact) mass is 582 g/mol. The highest BCUT2D eigenvalue weighted by molar-refractivity contribution is 7.18. The molecule has 12 heteroatoms. The standard InChI is InChI=1S/C29H19ClN6O4S/c30-17-6-7-22(20(12-17)19-8-9-32-24-21(28(38)39)15-41-26(19)24)40-11-10-36-14-16(13-31)23-25(36)27(37)35-29(34-23)33-18-4-2-1-3-5-18/h1-9,12,14-15H,10-11H2,(H,38,39)(H2,33,34,35,37). The fraction of sp³-hybridized carbons (Fsp3) is 0.0690. The van der Waals surface area contributed by atoms with Crippen LogP contribution < -0.4 is 15.6 Å². The summed E-state index contributed by atoms with van der Waals surface area (Å²) in [6, 6.07) is 18.3. The van der Waals surface area contributed by atoms with E-state index in [1.807, 2.05) is 30.3 Å².